The monoisotopic (exact) mass is 136 g/mol. The summed E-state index contributed by atoms with van der Waals surface area (Å²) in [4.78, 5) is 0. The third kappa shape index (κ3) is 0.392. The first kappa shape index (κ1) is 5.36. The first-order valence-corrected chi connectivity index (χ1v) is 4.22. The topological polar surface area (TPSA) is 9.23 Å². The molecule has 10 heavy (non-hydrogen) atoms. The normalized spacial score (nSPS) is 56.6. The predicted octanol–water partition coefficient (Wildman–Crippen LogP) is 1.74. The standard InChI is InChI=1S/C9H12O/c1-5-8-6-3-2-4-7(6)9(5)10-8/h6-9H,1-4H2. The summed E-state index contributed by atoms with van der Waals surface area (Å²) in [5, 5.41) is 0. The van der Waals surface area contributed by atoms with Crippen molar-refractivity contribution in [1.29, 1.82) is 0 Å². The Bertz CT molecular complexity index is 179. The molecule has 0 radical (unpaired) electrons. The zero-order chi connectivity index (χ0) is 6.72. The molecule has 2 aliphatic heterocycles. The molecule has 4 rings (SSSR count). The molecule has 0 N–H and O–H groups in total. The van der Waals surface area contributed by atoms with E-state index < -0.39 is 0 Å². The minimum absolute atomic E-state index is 0.484. The molecule has 0 amide bonds. The van der Waals surface area contributed by atoms with E-state index in [9.17, 15) is 0 Å². The molecule has 0 aromatic rings. The van der Waals surface area contributed by atoms with Gasteiger partial charge >= 0.3 is 0 Å². The van der Waals surface area contributed by atoms with E-state index in [0.29, 0.717) is 12.2 Å². The summed E-state index contributed by atoms with van der Waals surface area (Å²) in [6.07, 6.45) is 5.18. The Morgan fingerprint density at radius 1 is 1.20 bits per heavy atom. The Morgan fingerprint density at radius 2 is 1.80 bits per heavy atom. The Labute approximate surface area is 61.1 Å². The van der Waals surface area contributed by atoms with Crippen LogP contribution in [0, 0.1) is 11.8 Å². The van der Waals surface area contributed by atoms with E-state index in [-0.39, 0.29) is 0 Å². The van der Waals surface area contributed by atoms with Crippen LogP contribution in [0.5, 0.6) is 0 Å². The van der Waals surface area contributed by atoms with Gasteiger partial charge in [-0.2, -0.15) is 0 Å². The van der Waals surface area contributed by atoms with E-state index >= 15 is 0 Å². The van der Waals surface area contributed by atoms with Crippen molar-refractivity contribution in [1.82, 2.24) is 0 Å². The van der Waals surface area contributed by atoms with Crippen LogP contribution in [0.1, 0.15) is 19.3 Å². The van der Waals surface area contributed by atoms with Gasteiger partial charge in [-0.3, -0.25) is 0 Å². The SMILES string of the molecule is C=C1C2OC1C1CCCC21. The fourth-order valence-electron chi connectivity index (χ4n) is 2.94. The van der Waals surface area contributed by atoms with E-state index in [0.717, 1.165) is 11.8 Å². The van der Waals surface area contributed by atoms with Gasteiger partial charge in [-0.25, -0.2) is 0 Å². The molecule has 4 aliphatic rings. The van der Waals surface area contributed by atoms with Crippen molar-refractivity contribution in [3.63, 3.8) is 0 Å². The van der Waals surface area contributed by atoms with Gasteiger partial charge < -0.3 is 4.74 Å². The lowest BCUT2D eigenvalue weighted by molar-refractivity contribution is -0.0179. The van der Waals surface area contributed by atoms with Gasteiger partial charge in [0.05, 0.1) is 12.2 Å². The molecule has 1 heteroatoms. The minimum atomic E-state index is 0.484. The number of rotatable bonds is 0. The number of hydrogen-bond acceptors (Lipinski definition) is 1. The number of hydrogen-bond donors (Lipinski definition) is 0. The third-order valence-corrected chi connectivity index (χ3v) is 3.43. The highest BCUT2D eigenvalue weighted by Gasteiger charge is 2.57. The van der Waals surface area contributed by atoms with Gasteiger partial charge in [-0.05, 0) is 30.3 Å². The largest absolute Gasteiger partial charge is 0.366 e. The van der Waals surface area contributed by atoms with Crippen molar-refractivity contribution in [2.75, 3.05) is 0 Å². The van der Waals surface area contributed by atoms with Crippen LogP contribution in [-0.4, -0.2) is 12.2 Å². The van der Waals surface area contributed by atoms with E-state index in [1.165, 1.54) is 24.8 Å². The van der Waals surface area contributed by atoms with E-state index in [2.05, 4.69) is 6.58 Å². The molecule has 2 aliphatic carbocycles. The summed E-state index contributed by atoms with van der Waals surface area (Å²) < 4.78 is 5.63. The van der Waals surface area contributed by atoms with Gasteiger partial charge in [-0.15, -0.1) is 0 Å². The Morgan fingerprint density at radius 3 is 2.30 bits per heavy atom. The third-order valence-electron chi connectivity index (χ3n) is 3.43. The van der Waals surface area contributed by atoms with Crippen molar-refractivity contribution in [2.45, 2.75) is 31.5 Å². The quantitative estimate of drug-likeness (QED) is 0.461. The predicted molar refractivity (Wildman–Crippen MR) is 38.6 cm³/mol. The summed E-state index contributed by atoms with van der Waals surface area (Å²) >= 11 is 0. The average Bonchev–Trinajstić information content (AvgIpc) is 2.44. The second-order valence-electron chi connectivity index (χ2n) is 3.81. The van der Waals surface area contributed by atoms with Crippen molar-refractivity contribution in [3.8, 4) is 0 Å². The minimum Gasteiger partial charge on any atom is -0.366 e. The van der Waals surface area contributed by atoms with Gasteiger partial charge in [0, 0.05) is 0 Å². The van der Waals surface area contributed by atoms with Crippen LogP contribution < -0.4 is 0 Å². The van der Waals surface area contributed by atoms with Crippen LogP contribution in [0.2, 0.25) is 0 Å². The Hall–Kier alpha value is -0.300. The number of ether oxygens (including phenoxy) is 1. The molecular formula is C9H12O. The molecule has 0 aromatic heterocycles. The second-order valence-corrected chi connectivity index (χ2v) is 3.81. The maximum atomic E-state index is 5.63. The van der Waals surface area contributed by atoms with E-state index in [4.69, 9.17) is 4.74 Å². The van der Waals surface area contributed by atoms with E-state index in [1.54, 1.807) is 0 Å². The molecule has 2 saturated heterocycles. The molecule has 2 bridgehead atoms. The van der Waals surface area contributed by atoms with Crippen molar-refractivity contribution < 1.29 is 4.74 Å². The fraction of sp³-hybridized carbons (Fsp3) is 0.778. The van der Waals surface area contributed by atoms with Crippen LogP contribution in [0.15, 0.2) is 12.2 Å². The maximum Gasteiger partial charge on any atom is 0.0847 e. The molecule has 54 valence electrons. The summed E-state index contributed by atoms with van der Waals surface area (Å²) in [6.45, 7) is 4.04. The molecular weight excluding hydrogens is 124 g/mol. The molecule has 0 aromatic carbocycles. The van der Waals surface area contributed by atoms with Crippen LogP contribution in [-0.2, 0) is 4.74 Å². The van der Waals surface area contributed by atoms with E-state index in [1.807, 2.05) is 0 Å². The van der Waals surface area contributed by atoms with Crippen molar-refractivity contribution >= 4 is 0 Å². The highest BCUT2D eigenvalue weighted by molar-refractivity contribution is 5.29. The lowest BCUT2D eigenvalue weighted by Gasteiger charge is -2.30. The van der Waals surface area contributed by atoms with Gasteiger partial charge in [0.1, 0.15) is 0 Å². The molecule has 0 spiro atoms. The van der Waals surface area contributed by atoms with Crippen LogP contribution in [0.3, 0.4) is 0 Å². The highest BCUT2D eigenvalue weighted by atomic mass is 16.5. The van der Waals surface area contributed by atoms with Gasteiger partial charge in [0.25, 0.3) is 0 Å². The summed E-state index contributed by atoms with van der Waals surface area (Å²) in [7, 11) is 0. The smallest absolute Gasteiger partial charge is 0.0847 e. The van der Waals surface area contributed by atoms with Crippen LogP contribution >= 0.6 is 0 Å². The fourth-order valence-corrected chi connectivity index (χ4v) is 2.94. The summed E-state index contributed by atoms with van der Waals surface area (Å²) in [6, 6.07) is 0. The van der Waals surface area contributed by atoms with Gasteiger partial charge in [0.2, 0.25) is 0 Å². The molecule has 2 heterocycles. The van der Waals surface area contributed by atoms with Crippen LogP contribution in [0.4, 0.5) is 0 Å². The van der Waals surface area contributed by atoms with Crippen molar-refractivity contribution in [3.05, 3.63) is 12.2 Å². The molecule has 4 unspecified atom stereocenters. The molecule has 1 nitrogen and oxygen atoms in total. The van der Waals surface area contributed by atoms with Crippen molar-refractivity contribution in [2.24, 2.45) is 11.8 Å². The summed E-state index contributed by atoms with van der Waals surface area (Å²) in [5.74, 6) is 1.75. The second kappa shape index (κ2) is 1.48. The zero-order valence-electron chi connectivity index (χ0n) is 6.05. The molecule has 2 saturated carbocycles. The zero-order valence-corrected chi connectivity index (χ0v) is 6.05. The maximum absolute atomic E-state index is 5.63. The lowest BCUT2D eigenvalue weighted by Crippen LogP contribution is -2.33. The molecule has 4 atom stereocenters. The first-order valence-electron chi connectivity index (χ1n) is 4.22. The van der Waals surface area contributed by atoms with Crippen LogP contribution in [0.25, 0.3) is 0 Å². The Kier molecular flexibility index (Phi) is 0.791. The highest BCUT2D eigenvalue weighted by Crippen LogP contribution is 2.56. The first-order chi connectivity index (χ1) is 4.88. The van der Waals surface area contributed by atoms with Gasteiger partial charge in [-0.1, -0.05) is 13.0 Å². The summed E-state index contributed by atoms with van der Waals surface area (Å²) in [5.41, 5.74) is 1.40. The average molecular weight is 136 g/mol. The van der Waals surface area contributed by atoms with Gasteiger partial charge in [0.15, 0.2) is 0 Å². The Balaban J connectivity index is 1.99. The molecule has 4 fully saturated rings. The lowest BCUT2D eigenvalue weighted by atomic mass is 10.0.